The van der Waals surface area contributed by atoms with Crippen molar-refractivity contribution in [3.05, 3.63) is 33.2 Å². The number of benzene rings is 1. The molecule has 3 rings (SSSR count). The highest BCUT2D eigenvalue weighted by atomic mass is 35.5. The molecule has 0 aliphatic rings. The summed E-state index contributed by atoms with van der Waals surface area (Å²) in [5.74, 6) is 0.452. The molecular weight excluding hydrogens is 330 g/mol. The number of aryl methyl sites for hydroxylation is 1. The lowest BCUT2D eigenvalue weighted by atomic mass is 10.3. The van der Waals surface area contributed by atoms with Gasteiger partial charge in [-0.15, -0.1) is 11.3 Å². The first-order valence-corrected chi connectivity index (χ1v) is 7.97. The van der Waals surface area contributed by atoms with Crippen LogP contribution in [-0.2, 0) is 0 Å². The lowest BCUT2D eigenvalue weighted by molar-refractivity contribution is 0.102. The summed E-state index contributed by atoms with van der Waals surface area (Å²) in [7, 11) is 1.61. The first-order chi connectivity index (χ1) is 10.1. The number of halogens is 1. The maximum Gasteiger partial charge on any atom is 0.277 e. The van der Waals surface area contributed by atoms with E-state index in [1.54, 1.807) is 7.11 Å². The Labute approximate surface area is 133 Å². The van der Waals surface area contributed by atoms with Crippen LogP contribution in [0, 0.1) is 6.92 Å². The third kappa shape index (κ3) is 2.85. The minimum atomic E-state index is -0.304. The fraction of sp³-hybridized carbons (Fsp3) is 0.154. The molecule has 0 spiro atoms. The number of ether oxygens (including phenoxy) is 1. The molecule has 0 bridgehead atoms. The number of carbonyl (C=O) groups is 1. The van der Waals surface area contributed by atoms with Crippen molar-refractivity contribution in [2.75, 3.05) is 12.4 Å². The average Bonchev–Trinajstić information content (AvgIpc) is 2.99. The van der Waals surface area contributed by atoms with Crippen molar-refractivity contribution in [3.63, 3.8) is 0 Å². The van der Waals surface area contributed by atoms with Crippen LogP contribution >= 0.6 is 34.3 Å². The van der Waals surface area contributed by atoms with Crippen LogP contribution in [0.3, 0.4) is 0 Å². The number of anilines is 1. The molecule has 5 nitrogen and oxygen atoms in total. The number of nitrogens with zero attached hydrogens (tertiary/aromatic N) is 2. The summed E-state index contributed by atoms with van der Waals surface area (Å²) < 4.78 is 6.46. The molecular formula is C13H10ClN3O2S2. The standard InChI is InChI=1S/C13H10ClN3O2S2/c1-6-10(16-12(14)20-6)11(18)17-13-15-8-4-3-7(19-2)5-9(8)21-13/h3-5H,1-2H3,(H,15,17,18). The van der Waals surface area contributed by atoms with E-state index in [0.717, 1.165) is 20.8 Å². The smallest absolute Gasteiger partial charge is 0.277 e. The van der Waals surface area contributed by atoms with E-state index < -0.39 is 0 Å². The van der Waals surface area contributed by atoms with Gasteiger partial charge in [0.25, 0.3) is 5.91 Å². The van der Waals surface area contributed by atoms with E-state index in [1.165, 1.54) is 22.7 Å². The Morgan fingerprint density at radius 3 is 2.81 bits per heavy atom. The van der Waals surface area contributed by atoms with Crippen molar-refractivity contribution in [3.8, 4) is 5.75 Å². The third-order valence-corrected chi connectivity index (χ3v) is 4.81. The second kappa shape index (κ2) is 5.59. The minimum Gasteiger partial charge on any atom is -0.497 e. The molecule has 3 aromatic rings. The molecule has 0 unspecified atom stereocenters. The molecule has 0 aliphatic carbocycles. The third-order valence-electron chi connectivity index (χ3n) is 2.80. The van der Waals surface area contributed by atoms with Gasteiger partial charge in [-0.2, -0.15) is 0 Å². The lowest BCUT2D eigenvalue weighted by Crippen LogP contribution is -2.13. The first kappa shape index (κ1) is 14.2. The number of amides is 1. The van der Waals surface area contributed by atoms with Gasteiger partial charge in [0.15, 0.2) is 9.60 Å². The van der Waals surface area contributed by atoms with Crippen molar-refractivity contribution < 1.29 is 9.53 Å². The number of thiazole rings is 2. The van der Waals surface area contributed by atoms with Gasteiger partial charge in [-0.3, -0.25) is 10.1 Å². The van der Waals surface area contributed by atoms with Gasteiger partial charge >= 0.3 is 0 Å². The van der Waals surface area contributed by atoms with Crippen molar-refractivity contribution >= 4 is 55.5 Å². The molecule has 0 fully saturated rings. The molecule has 0 aliphatic heterocycles. The Morgan fingerprint density at radius 1 is 1.33 bits per heavy atom. The fourth-order valence-electron chi connectivity index (χ4n) is 1.82. The van der Waals surface area contributed by atoms with Crippen molar-refractivity contribution in [2.45, 2.75) is 6.92 Å². The van der Waals surface area contributed by atoms with Crippen LogP contribution in [0.4, 0.5) is 5.13 Å². The van der Waals surface area contributed by atoms with Crippen LogP contribution in [0.15, 0.2) is 18.2 Å². The summed E-state index contributed by atoms with van der Waals surface area (Å²) in [4.78, 5) is 21.3. The average molecular weight is 340 g/mol. The molecule has 108 valence electrons. The number of fused-ring (bicyclic) bond motifs is 1. The van der Waals surface area contributed by atoms with Crippen LogP contribution in [0.25, 0.3) is 10.2 Å². The molecule has 1 aromatic carbocycles. The van der Waals surface area contributed by atoms with Gasteiger partial charge < -0.3 is 4.74 Å². The monoisotopic (exact) mass is 339 g/mol. The fourth-order valence-corrected chi connectivity index (χ4v) is 3.76. The molecule has 8 heteroatoms. The quantitative estimate of drug-likeness (QED) is 0.784. The van der Waals surface area contributed by atoms with Crippen LogP contribution in [0.1, 0.15) is 15.4 Å². The number of nitrogens with one attached hydrogen (secondary N) is 1. The molecule has 1 amide bonds. The zero-order valence-electron chi connectivity index (χ0n) is 11.1. The molecule has 0 saturated carbocycles. The number of methoxy groups -OCH3 is 1. The highest BCUT2D eigenvalue weighted by Gasteiger charge is 2.16. The highest BCUT2D eigenvalue weighted by molar-refractivity contribution is 7.22. The minimum absolute atomic E-state index is 0.304. The summed E-state index contributed by atoms with van der Waals surface area (Å²) in [6.07, 6.45) is 0. The number of carbonyl (C=O) groups excluding carboxylic acids is 1. The molecule has 2 heterocycles. The van der Waals surface area contributed by atoms with Gasteiger partial charge in [0, 0.05) is 4.88 Å². The maximum atomic E-state index is 12.2. The van der Waals surface area contributed by atoms with Gasteiger partial charge in [-0.05, 0) is 25.1 Å². The number of aromatic nitrogens is 2. The zero-order chi connectivity index (χ0) is 15.0. The maximum absolute atomic E-state index is 12.2. The van der Waals surface area contributed by atoms with Crippen LogP contribution < -0.4 is 10.1 Å². The molecule has 0 radical (unpaired) electrons. The van der Waals surface area contributed by atoms with Gasteiger partial charge in [-0.1, -0.05) is 22.9 Å². The molecule has 0 atom stereocenters. The highest BCUT2D eigenvalue weighted by Crippen LogP contribution is 2.30. The van der Waals surface area contributed by atoms with Crippen molar-refractivity contribution in [1.82, 2.24) is 9.97 Å². The Bertz CT molecular complexity index is 828. The van der Waals surface area contributed by atoms with E-state index >= 15 is 0 Å². The van der Waals surface area contributed by atoms with Crippen LogP contribution in [0.2, 0.25) is 4.47 Å². The first-order valence-electron chi connectivity index (χ1n) is 5.95. The molecule has 1 N–H and O–H groups in total. The van der Waals surface area contributed by atoms with Gasteiger partial charge in [-0.25, -0.2) is 9.97 Å². The summed E-state index contributed by atoms with van der Waals surface area (Å²) in [6.45, 7) is 1.81. The summed E-state index contributed by atoms with van der Waals surface area (Å²) in [6, 6.07) is 5.57. The van der Waals surface area contributed by atoms with E-state index in [2.05, 4.69) is 15.3 Å². The van der Waals surface area contributed by atoms with Gasteiger partial charge in [0.2, 0.25) is 0 Å². The number of hydrogen-bond donors (Lipinski definition) is 1. The van der Waals surface area contributed by atoms with E-state index in [4.69, 9.17) is 16.3 Å². The molecule has 2 aromatic heterocycles. The van der Waals surface area contributed by atoms with Crippen molar-refractivity contribution in [2.24, 2.45) is 0 Å². The van der Waals surface area contributed by atoms with Crippen LogP contribution in [0.5, 0.6) is 5.75 Å². The summed E-state index contributed by atoms with van der Waals surface area (Å²) in [5.41, 5.74) is 1.14. The second-order valence-electron chi connectivity index (χ2n) is 4.18. The molecule has 0 saturated heterocycles. The molecule has 21 heavy (non-hydrogen) atoms. The normalized spacial score (nSPS) is 10.8. The van der Waals surface area contributed by atoms with Gasteiger partial charge in [0.05, 0.1) is 17.3 Å². The SMILES string of the molecule is COc1ccc2nc(NC(=O)c3nc(Cl)sc3C)sc2c1. The number of rotatable bonds is 3. The van der Waals surface area contributed by atoms with E-state index in [9.17, 15) is 4.79 Å². The number of hydrogen-bond acceptors (Lipinski definition) is 6. The van der Waals surface area contributed by atoms with Crippen LogP contribution in [-0.4, -0.2) is 23.0 Å². The summed E-state index contributed by atoms with van der Waals surface area (Å²) in [5, 5.41) is 3.27. The van der Waals surface area contributed by atoms with E-state index in [-0.39, 0.29) is 5.91 Å². The zero-order valence-corrected chi connectivity index (χ0v) is 13.5. The van der Waals surface area contributed by atoms with E-state index in [1.807, 2.05) is 25.1 Å². The van der Waals surface area contributed by atoms with E-state index in [0.29, 0.717) is 15.3 Å². The second-order valence-corrected chi connectivity index (χ2v) is 6.99. The predicted molar refractivity (Wildman–Crippen MR) is 86.0 cm³/mol. The Kier molecular flexibility index (Phi) is 3.79. The Hall–Kier alpha value is -1.70. The topological polar surface area (TPSA) is 64.1 Å². The Balaban J connectivity index is 1.87. The largest absolute Gasteiger partial charge is 0.497 e. The summed E-state index contributed by atoms with van der Waals surface area (Å²) >= 11 is 8.47. The van der Waals surface area contributed by atoms with Crippen molar-refractivity contribution in [1.29, 1.82) is 0 Å². The van der Waals surface area contributed by atoms with Gasteiger partial charge in [0.1, 0.15) is 11.4 Å². The Morgan fingerprint density at radius 2 is 2.14 bits per heavy atom. The predicted octanol–water partition coefficient (Wildman–Crippen LogP) is 3.98. The lowest BCUT2D eigenvalue weighted by Gasteiger charge is -1.98.